The summed E-state index contributed by atoms with van der Waals surface area (Å²) in [6, 6.07) is 14.3. The van der Waals surface area contributed by atoms with Crippen LogP contribution in [0.2, 0.25) is 0 Å². The van der Waals surface area contributed by atoms with Crippen molar-refractivity contribution in [2.24, 2.45) is 5.41 Å². The first kappa shape index (κ1) is 26.3. The van der Waals surface area contributed by atoms with Crippen molar-refractivity contribution < 1.29 is 24.2 Å². The molecular formula is C28H36N2O5. The zero-order chi connectivity index (χ0) is 25.6. The molecule has 2 amide bonds. The van der Waals surface area contributed by atoms with Crippen molar-refractivity contribution in [1.29, 1.82) is 0 Å². The zero-order valence-electron chi connectivity index (χ0n) is 21.0. The van der Waals surface area contributed by atoms with Crippen molar-refractivity contribution in [3.05, 3.63) is 59.7 Å². The lowest BCUT2D eigenvalue weighted by atomic mass is 9.88. The van der Waals surface area contributed by atoms with Gasteiger partial charge >= 0.3 is 12.1 Å². The molecule has 0 aliphatic heterocycles. The molecule has 0 fully saturated rings. The molecule has 188 valence electrons. The number of alkyl carbamates (subject to hydrolysis) is 1. The van der Waals surface area contributed by atoms with Crippen molar-refractivity contribution in [2.75, 3.05) is 6.61 Å². The SMILES string of the molecule is CCCC(NC(=O)C(CCC(C)(C)C)NC(=O)OCC1c2ccccc2-c2ccccc21)C(=O)O. The summed E-state index contributed by atoms with van der Waals surface area (Å²) in [5.74, 6) is -1.68. The number of carbonyl (C=O) groups excluding carboxylic acids is 2. The Morgan fingerprint density at radius 3 is 2.00 bits per heavy atom. The van der Waals surface area contributed by atoms with Gasteiger partial charge in [-0.1, -0.05) is 82.6 Å². The van der Waals surface area contributed by atoms with Crippen molar-refractivity contribution in [1.82, 2.24) is 10.6 Å². The van der Waals surface area contributed by atoms with E-state index in [1.165, 1.54) is 0 Å². The van der Waals surface area contributed by atoms with Gasteiger partial charge in [-0.05, 0) is 46.9 Å². The molecule has 0 bridgehead atoms. The third-order valence-electron chi connectivity index (χ3n) is 6.33. The van der Waals surface area contributed by atoms with Crippen LogP contribution in [-0.2, 0) is 14.3 Å². The second-order valence-corrected chi connectivity index (χ2v) is 10.3. The minimum atomic E-state index is -1.09. The number of aliphatic carboxylic acids is 1. The Hall–Kier alpha value is -3.35. The summed E-state index contributed by atoms with van der Waals surface area (Å²) in [5, 5.41) is 14.7. The number of hydrogen-bond acceptors (Lipinski definition) is 4. The van der Waals surface area contributed by atoms with Crippen LogP contribution >= 0.6 is 0 Å². The highest BCUT2D eigenvalue weighted by Crippen LogP contribution is 2.44. The van der Waals surface area contributed by atoms with E-state index in [2.05, 4.69) is 22.8 Å². The molecular weight excluding hydrogens is 444 g/mol. The predicted molar refractivity (Wildman–Crippen MR) is 135 cm³/mol. The summed E-state index contributed by atoms with van der Waals surface area (Å²) in [6.07, 6.45) is 1.28. The van der Waals surface area contributed by atoms with E-state index in [4.69, 9.17) is 4.74 Å². The van der Waals surface area contributed by atoms with Crippen molar-refractivity contribution in [3.63, 3.8) is 0 Å². The first-order valence-corrected chi connectivity index (χ1v) is 12.3. The number of carbonyl (C=O) groups is 3. The second kappa shape index (κ2) is 11.4. The maximum absolute atomic E-state index is 12.9. The highest BCUT2D eigenvalue weighted by molar-refractivity contribution is 5.89. The molecule has 2 unspecified atom stereocenters. The van der Waals surface area contributed by atoms with E-state index < -0.39 is 30.1 Å². The largest absolute Gasteiger partial charge is 0.480 e. The molecule has 3 N–H and O–H groups in total. The molecule has 0 heterocycles. The molecule has 2 aromatic rings. The van der Waals surface area contributed by atoms with Gasteiger partial charge in [0.15, 0.2) is 0 Å². The van der Waals surface area contributed by atoms with E-state index in [-0.39, 0.29) is 17.9 Å². The van der Waals surface area contributed by atoms with Crippen molar-refractivity contribution in [2.45, 2.75) is 71.4 Å². The number of hydrogen-bond donors (Lipinski definition) is 3. The Kier molecular flexibility index (Phi) is 8.54. The van der Waals surface area contributed by atoms with Gasteiger partial charge in [-0.2, -0.15) is 0 Å². The topological polar surface area (TPSA) is 105 Å². The average Bonchev–Trinajstić information content (AvgIpc) is 3.13. The van der Waals surface area contributed by atoms with Gasteiger partial charge in [0.25, 0.3) is 0 Å². The fraction of sp³-hybridized carbons (Fsp3) is 0.464. The summed E-state index contributed by atoms with van der Waals surface area (Å²) >= 11 is 0. The fourth-order valence-electron chi connectivity index (χ4n) is 4.45. The molecule has 7 nitrogen and oxygen atoms in total. The Bertz CT molecular complexity index is 1010. The third kappa shape index (κ3) is 6.84. The van der Waals surface area contributed by atoms with Gasteiger partial charge in [-0.25, -0.2) is 9.59 Å². The van der Waals surface area contributed by atoms with E-state index in [0.29, 0.717) is 25.7 Å². The highest BCUT2D eigenvalue weighted by Gasteiger charge is 2.31. The van der Waals surface area contributed by atoms with Gasteiger partial charge in [0.05, 0.1) is 0 Å². The summed E-state index contributed by atoms with van der Waals surface area (Å²) in [4.78, 5) is 37.2. The number of rotatable bonds is 10. The Morgan fingerprint density at radius 1 is 0.914 bits per heavy atom. The van der Waals surface area contributed by atoms with Gasteiger partial charge in [-0.15, -0.1) is 0 Å². The normalized spacial score (nSPS) is 14.4. The van der Waals surface area contributed by atoms with Gasteiger partial charge in [-0.3, -0.25) is 4.79 Å². The van der Waals surface area contributed by atoms with E-state index >= 15 is 0 Å². The number of carboxylic acid groups (broad SMARTS) is 1. The molecule has 0 aromatic heterocycles. The van der Waals surface area contributed by atoms with Gasteiger partial charge in [0, 0.05) is 5.92 Å². The quantitative estimate of drug-likeness (QED) is 0.439. The van der Waals surface area contributed by atoms with Crippen LogP contribution in [0.15, 0.2) is 48.5 Å². The Labute approximate surface area is 207 Å². The van der Waals surface area contributed by atoms with Crippen LogP contribution in [0.25, 0.3) is 11.1 Å². The summed E-state index contributed by atoms with van der Waals surface area (Å²) in [7, 11) is 0. The van der Waals surface area contributed by atoms with Gasteiger partial charge < -0.3 is 20.5 Å². The molecule has 0 spiro atoms. The molecule has 0 saturated heterocycles. The van der Waals surface area contributed by atoms with E-state index in [1.807, 2.05) is 64.1 Å². The number of benzene rings is 2. The second-order valence-electron chi connectivity index (χ2n) is 10.3. The molecule has 0 radical (unpaired) electrons. The lowest BCUT2D eigenvalue weighted by Gasteiger charge is -2.25. The molecule has 7 heteroatoms. The summed E-state index contributed by atoms with van der Waals surface area (Å²) in [6.45, 7) is 8.14. The zero-order valence-corrected chi connectivity index (χ0v) is 21.0. The first-order valence-electron chi connectivity index (χ1n) is 12.3. The van der Waals surface area contributed by atoms with Crippen LogP contribution in [0.1, 0.15) is 70.4 Å². The molecule has 2 atom stereocenters. The summed E-state index contributed by atoms with van der Waals surface area (Å²) < 4.78 is 5.61. The number of amides is 2. The van der Waals surface area contributed by atoms with Crippen molar-refractivity contribution >= 4 is 18.0 Å². The van der Waals surface area contributed by atoms with Crippen LogP contribution in [0, 0.1) is 5.41 Å². The van der Waals surface area contributed by atoms with Gasteiger partial charge in [0.1, 0.15) is 18.7 Å². The molecule has 0 saturated carbocycles. The minimum absolute atomic E-state index is 0.0585. The lowest BCUT2D eigenvalue weighted by molar-refractivity contribution is -0.142. The van der Waals surface area contributed by atoms with Crippen LogP contribution in [0.3, 0.4) is 0 Å². The average molecular weight is 481 g/mol. The van der Waals surface area contributed by atoms with Crippen molar-refractivity contribution in [3.8, 4) is 11.1 Å². The molecule has 3 rings (SSSR count). The lowest BCUT2D eigenvalue weighted by Crippen LogP contribution is -2.52. The maximum atomic E-state index is 12.9. The monoisotopic (exact) mass is 480 g/mol. The maximum Gasteiger partial charge on any atom is 0.407 e. The number of ether oxygens (including phenoxy) is 1. The molecule has 2 aromatic carbocycles. The standard InChI is InChI=1S/C28H36N2O5/c1-5-10-24(26(32)33)29-25(31)23(15-16-28(2,3)4)30-27(34)35-17-22-20-13-8-6-11-18(20)19-12-7-9-14-21(19)22/h6-9,11-14,22-24H,5,10,15-17H2,1-4H3,(H,29,31)(H,30,34)(H,32,33). The van der Waals surface area contributed by atoms with E-state index in [1.54, 1.807) is 0 Å². The smallest absolute Gasteiger partial charge is 0.407 e. The summed E-state index contributed by atoms with van der Waals surface area (Å²) in [5.41, 5.74) is 4.42. The van der Waals surface area contributed by atoms with E-state index in [0.717, 1.165) is 22.3 Å². The molecule has 1 aliphatic rings. The Morgan fingerprint density at radius 2 is 1.49 bits per heavy atom. The number of carboxylic acids is 1. The highest BCUT2D eigenvalue weighted by atomic mass is 16.5. The number of nitrogens with one attached hydrogen (secondary N) is 2. The molecule has 35 heavy (non-hydrogen) atoms. The van der Waals surface area contributed by atoms with Crippen LogP contribution in [0.4, 0.5) is 4.79 Å². The Balaban J connectivity index is 1.68. The van der Waals surface area contributed by atoms with Gasteiger partial charge in [0.2, 0.25) is 5.91 Å². The molecule has 1 aliphatic carbocycles. The van der Waals surface area contributed by atoms with Crippen LogP contribution in [-0.4, -0.2) is 41.8 Å². The first-order chi connectivity index (χ1) is 16.6. The predicted octanol–water partition coefficient (Wildman–Crippen LogP) is 5.09. The minimum Gasteiger partial charge on any atom is -0.480 e. The van der Waals surface area contributed by atoms with E-state index in [9.17, 15) is 19.5 Å². The third-order valence-corrected chi connectivity index (χ3v) is 6.33. The number of fused-ring (bicyclic) bond motifs is 3. The fourth-order valence-corrected chi connectivity index (χ4v) is 4.45. The van der Waals surface area contributed by atoms with Crippen LogP contribution < -0.4 is 10.6 Å². The van der Waals surface area contributed by atoms with Crippen LogP contribution in [0.5, 0.6) is 0 Å².